The van der Waals surface area contributed by atoms with Crippen molar-refractivity contribution in [3.8, 4) is 0 Å². The maximum Gasteiger partial charge on any atom is 0.228 e. The van der Waals surface area contributed by atoms with Crippen LogP contribution < -0.4 is 4.57 Å². The molecule has 1 aromatic carbocycles. The fourth-order valence-corrected chi connectivity index (χ4v) is 2.62. The van der Waals surface area contributed by atoms with E-state index in [4.69, 9.17) is 0 Å². The van der Waals surface area contributed by atoms with E-state index in [2.05, 4.69) is 19.1 Å². The number of nitrogens with zero attached hydrogens (tertiary/aromatic N) is 1. The Hall–Kier alpha value is -1.96. The lowest BCUT2D eigenvalue weighted by atomic mass is 9.96. The largest absolute Gasteiger partial charge is 0.287 e. The SMILES string of the molecule is Cc1cc(C)c(C(=O)C[n+]2cccc(C)c2)c(C)c1. The molecule has 0 aliphatic heterocycles. The van der Waals surface area contributed by atoms with Gasteiger partial charge in [0.05, 0.1) is 0 Å². The number of aryl methyl sites for hydroxylation is 4. The molecule has 0 saturated carbocycles. The summed E-state index contributed by atoms with van der Waals surface area (Å²) < 4.78 is 1.94. The molecule has 0 amide bonds. The summed E-state index contributed by atoms with van der Waals surface area (Å²) in [5.41, 5.74) is 5.36. The van der Waals surface area contributed by atoms with Crippen LogP contribution in [0.2, 0.25) is 0 Å². The van der Waals surface area contributed by atoms with Crippen molar-refractivity contribution in [2.45, 2.75) is 34.2 Å². The van der Waals surface area contributed by atoms with Crippen molar-refractivity contribution in [1.29, 1.82) is 0 Å². The molecule has 2 rings (SSSR count). The zero-order valence-corrected chi connectivity index (χ0v) is 12.0. The number of Topliss-reactive ketones (excluding diaryl/α,β-unsaturated/α-hetero) is 1. The first-order valence-corrected chi connectivity index (χ1v) is 6.54. The summed E-state index contributed by atoms with van der Waals surface area (Å²) in [6, 6.07) is 8.14. The molecular formula is C17H20NO+. The molecule has 0 N–H and O–H groups in total. The van der Waals surface area contributed by atoms with Crippen molar-refractivity contribution in [2.75, 3.05) is 0 Å². The molecule has 2 nitrogen and oxygen atoms in total. The highest BCUT2D eigenvalue weighted by Crippen LogP contribution is 2.17. The van der Waals surface area contributed by atoms with Gasteiger partial charge in [-0.25, -0.2) is 0 Å². The van der Waals surface area contributed by atoms with Crippen molar-refractivity contribution in [2.24, 2.45) is 0 Å². The van der Waals surface area contributed by atoms with Crippen LogP contribution in [0.1, 0.15) is 32.6 Å². The topological polar surface area (TPSA) is 20.9 Å². The second-order valence-electron chi connectivity index (χ2n) is 5.25. The van der Waals surface area contributed by atoms with E-state index in [1.165, 1.54) is 5.56 Å². The first-order valence-electron chi connectivity index (χ1n) is 6.54. The van der Waals surface area contributed by atoms with Crippen molar-refractivity contribution in [3.05, 3.63) is 64.5 Å². The molecule has 2 aromatic rings. The molecule has 0 fully saturated rings. The molecular weight excluding hydrogens is 234 g/mol. The molecule has 0 saturated heterocycles. The Morgan fingerprint density at radius 2 is 1.68 bits per heavy atom. The Morgan fingerprint density at radius 1 is 1.05 bits per heavy atom. The number of carbonyl (C=O) groups excluding carboxylic acids is 1. The molecule has 0 spiro atoms. The minimum atomic E-state index is 0.172. The van der Waals surface area contributed by atoms with Gasteiger partial charge in [0, 0.05) is 17.2 Å². The van der Waals surface area contributed by atoms with E-state index in [1.807, 2.05) is 49.9 Å². The number of benzene rings is 1. The van der Waals surface area contributed by atoms with E-state index in [1.54, 1.807) is 0 Å². The fourth-order valence-electron chi connectivity index (χ4n) is 2.62. The molecule has 2 heteroatoms. The van der Waals surface area contributed by atoms with Gasteiger partial charge in [-0.2, -0.15) is 4.57 Å². The van der Waals surface area contributed by atoms with Gasteiger partial charge in [0.25, 0.3) is 0 Å². The average Bonchev–Trinajstić information content (AvgIpc) is 2.27. The summed E-state index contributed by atoms with van der Waals surface area (Å²) in [4.78, 5) is 12.5. The summed E-state index contributed by atoms with van der Waals surface area (Å²) in [6.07, 6.45) is 3.93. The molecule has 0 aliphatic rings. The Balaban J connectivity index is 2.31. The maximum atomic E-state index is 12.5. The Labute approximate surface area is 114 Å². The zero-order valence-electron chi connectivity index (χ0n) is 12.0. The van der Waals surface area contributed by atoms with Gasteiger partial charge >= 0.3 is 0 Å². The van der Waals surface area contributed by atoms with Crippen molar-refractivity contribution in [1.82, 2.24) is 0 Å². The van der Waals surface area contributed by atoms with E-state index in [0.717, 1.165) is 22.3 Å². The van der Waals surface area contributed by atoms with Gasteiger partial charge in [-0.05, 0) is 44.9 Å². The van der Waals surface area contributed by atoms with Gasteiger partial charge in [-0.1, -0.05) is 17.7 Å². The van der Waals surface area contributed by atoms with Crippen LogP contribution in [0, 0.1) is 27.7 Å². The molecule has 0 unspecified atom stereocenters. The molecule has 0 radical (unpaired) electrons. The lowest BCUT2D eigenvalue weighted by molar-refractivity contribution is -0.683. The highest BCUT2D eigenvalue weighted by atomic mass is 16.1. The van der Waals surface area contributed by atoms with E-state index < -0.39 is 0 Å². The number of aromatic nitrogens is 1. The fraction of sp³-hybridized carbons (Fsp3) is 0.294. The van der Waals surface area contributed by atoms with Gasteiger partial charge in [0.15, 0.2) is 12.4 Å². The van der Waals surface area contributed by atoms with Gasteiger partial charge in [-0.3, -0.25) is 4.79 Å². The van der Waals surface area contributed by atoms with Crippen molar-refractivity contribution >= 4 is 5.78 Å². The molecule has 19 heavy (non-hydrogen) atoms. The minimum absolute atomic E-state index is 0.172. The van der Waals surface area contributed by atoms with Crippen LogP contribution >= 0.6 is 0 Å². The smallest absolute Gasteiger partial charge is 0.228 e. The summed E-state index contributed by atoms with van der Waals surface area (Å²) in [6.45, 7) is 8.50. The van der Waals surface area contributed by atoms with Crippen LogP contribution in [0.15, 0.2) is 36.7 Å². The number of pyridine rings is 1. The lowest BCUT2D eigenvalue weighted by Gasteiger charge is -2.08. The van der Waals surface area contributed by atoms with Gasteiger partial charge in [0.1, 0.15) is 0 Å². The minimum Gasteiger partial charge on any atom is -0.287 e. The van der Waals surface area contributed by atoms with E-state index in [-0.39, 0.29) is 5.78 Å². The molecule has 98 valence electrons. The highest BCUT2D eigenvalue weighted by molar-refractivity contribution is 5.97. The molecule has 0 aliphatic carbocycles. The Morgan fingerprint density at radius 3 is 2.26 bits per heavy atom. The van der Waals surface area contributed by atoms with Crippen molar-refractivity contribution in [3.63, 3.8) is 0 Å². The summed E-state index contributed by atoms with van der Waals surface area (Å²) in [5, 5.41) is 0. The summed E-state index contributed by atoms with van der Waals surface area (Å²) in [5.74, 6) is 0.172. The standard InChI is InChI=1S/C17H20NO/c1-12-6-5-7-18(10-12)11-16(19)17-14(3)8-13(2)9-15(17)4/h5-10H,11H2,1-4H3/q+1. The van der Waals surface area contributed by atoms with E-state index >= 15 is 0 Å². The normalized spacial score (nSPS) is 10.5. The van der Waals surface area contributed by atoms with Gasteiger partial charge in [-0.15, -0.1) is 0 Å². The summed E-state index contributed by atoms with van der Waals surface area (Å²) in [7, 11) is 0. The quantitative estimate of drug-likeness (QED) is 0.609. The third-order valence-electron chi connectivity index (χ3n) is 3.29. The predicted molar refractivity (Wildman–Crippen MR) is 76.4 cm³/mol. The number of carbonyl (C=O) groups is 1. The van der Waals surface area contributed by atoms with Crippen LogP contribution in [-0.2, 0) is 6.54 Å². The van der Waals surface area contributed by atoms with E-state index in [0.29, 0.717) is 6.54 Å². The first-order chi connectivity index (χ1) is 8.97. The molecule has 1 aromatic heterocycles. The number of ketones is 1. The van der Waals surface area contributed by atoms with E-state index in [9.17, 15) is 4.79 Å². The summed E-state index contributed by atoms with van der Waals surface area (Å²) >= 11 is 0. The molecule has 0 bridgehead atoms. The second kappa shape index (κ2) is 5.35. The van der Waals surface area contributed by atoms with Crippen LogP contribution in [-0.4, -0.2) is 5.78 Å². The zero-order chi connectivity index (χ0) is 14.0. The number of hydrogen-bond acceptors (Lipinski definition) is 1. The number of hydrogen-bond donors (Lipinski definition) is 0. The van der Waals surface area contributed by atoms with Crippen molar-refractivity contribution < 1.29 is 9.36 Å². The van der Waals surface area contributed by atoms with Gasteiger partial charge in [0.2, 0.25) is 12.3 Å². The average molecular weight is 254 g/mol. The molecule has 0 atom stereocenters. The van der Waals surface area contributed by atoms with Crippen LogP contribution in [0.3, 0.4) is 0 Å². The van der Waals surface area contributed by atoms with Gasteiger partial charge < -0.3 is 0 Å². The number of rotatable bonds is 3. The lowest BCUT2D eigenvalue weighted by Crippen LogP contribution is -2.37. The van der Waals surface area contributed by atoms with Crippen LogP contribution in [0.4, 0.5) is 0 Å². The monoisotopic (exact) mass is 254 g/mol. The maximum absolute atomic E-state index is 12.5. The van der Waals surface area contributed by atoms with Crippen LogP contribution in [0.25, 0.3) is 0 Å². The first kappa shape index (κ1) is 13.5. The Bertz CT molecular complexity index is 606. The predicted octanol–water partition coefficient (Wildman–Crippen LogP) is 3.09. The third kappa shape index (κ3) is 3.08. The Kier molecular flexibility index (Phi) is 3.79. The second-order valence-corrected chi connectivity index (χ2v) is 5.25. The van der Waals surface area contributed by atoms with Crippen LogP contribution in [0.5, 0.6) is 0 Å². The highest BCUT2D eigenvalue weighted by Gasteiger charge is 2.17. The third-order valence-corrected chi connectivity index (χ3v) is 3.29. The molecule has 1 heterocycles.